The number of benzene rings is 1. The Kier molecular flexibility index (Phi) is 5.46. The summed E-state index contributed by atoms with van der Waals surface area (Å²) in [4.78, 5) is 12.4. The summed E-state index contributed by atoms with van der Waals surface area (Å²) in [6, 6.07) is 13.5. The lowest BCUT2D eigenvalue weighted by molar-refractivity contribution is 0.0913. The zero-order valence-electron chi connectivity index (χ0n) is 13.1. The van der Waals surface area contributed by atoms with E-state index in [0.717, 1.165) is 17.5 Å². The second kappa shape index (κ2) is 7.95. The van der Waals surface area contributed by atoms with Gasteiger partial charge in [0, 0.05) is 24.6 Å². The van der Waals surface area contributed by atoms with Crippen LogP contribution in [0.25, 0.3) is 11.1 Å². The van der Waals surface area contributed by atoms with Crippen LogP contribution in [0.5, 0.6) is 0 Å². The summed E-state index contributed by atoms with van der Waals surface area (Å²) in [5.74, 6) is 0.0229. The highest BCUT2D eigenvalue weighted by Crippen LogP contribution is 2.24. The normalized spacial score (nSPS) is 12.0. The fourth-order valence-electron chi connectivity index (χ4n) is 2.59. The molecule has 0 spiro atoms. The highest BCUT2D eigenvalue weighted by atomic mass is 32.1. The molecule has 0 radical (unpaired) electrons. The lowest BCUT2D eigenvalue weighted by atomic mass is 10.0. The van der Waals surface area contributed by atoms with Crippen molar-refractivity contribution >= 4 is 17.2 Å². The molecular formula is C19H19NO3S. The average molecular weight is 341 g/mol. The number of thiophene rings is 1. The molecule has 0 aliphatic heterocycles. The predicted molar refractivity (Wildman–Crippen MR) is 95.1 cm³/mol. The first-order valence-corrected chi connectivity index (χ1v) is 8.75. The Hall–Kier alpha value is -2.37. The molecule has 2 N–H and O–H groups in total. The lowest BCUT2D eigenvalue weighted by Gasteiger charge is -2.14. The fraction of sp³-hybridized carbons (Fsp3) is 0.211. The smallest absolute Gasteiger partial charge is 0.287 e. The molecule has 1 atom stereocenters. The van der Waals surface area contributed by atoms with Gasteiger partial charge in [-0.05, 0) is 40.4 Å². The van der Waals surface area contributed by atoms with Crippen molar-refractivity contribution in [1.82, 2.24) is 5.32 Å². The third-order valence-corrected chi connectivity index (χ3v) is 4.60. The summed E-state index contributed by atoms with van der Waals surface area (Å²) in [5, 5.41) is 16.5. The van der Waals surface area contributed by atoms with Crippen molar-refractivity contribution in [2.24, 2.45) is 5.92 Å². The SMILES string of the molecule is O=C(NCC(CO)Cc1ccsc1)c1occc1-c1ccccc1. The van der Waals surface area contributed by atoms with E-state index in [1.807, 2.05) is 41.8 Å². The van der Waals surface area contributed by atoms with Crippen LogP contribution in [-0.4, -0.2) is 24.2 Å². The molecule has 5 heteroatoms. The molecule has 2 heterocycles. The monoisotopic (exact) mass is 341 g/mol. The first-order valence-electron chi connectivity index (χ1n) is 7.81. The van der Waals surface area contributed by atoms with Crippen molar-refractivity contribution in [3.63, 3.8) is 0 Å². The number of hydrogen-bond donors (Lipinski definition) is 2. The third kappa shape index (κ3) is 3.93. The summed E-state index contributed by atoms with van der Waals surface area (Å²) in [6.45, 7) is 0.430. The largest absolute Gasteiger partial charge is 0.459 e. The van der Waals surface area contributed by atoms with E-state index in [-0.39, 0.29) is 18.4 Å². The van der Waals surface area contributed by atoms with Crippen LogP contribution in [-0.2, 0) is 6.42 Å². The molecule has 4 nitrogen and oxygen atoms in total. The second-order valence-electron chi connectivity index (χ2n) is 5.62. The molecule has 3 aromatic rings. The van der Waals surface area contributed by atoms with Gasteiger partial charge in [0.1, 0.15) is 0 Å². The number of furan rings is 1. The van der Waals surface area contributed by atoms with Crippen molar-refractivity contribution < 1.29 is 14.3 Å². The fourth-order valence-corrected chi connectivity index (χ4v) is 3.27. The maximum Gasteiger partial charge on any atom is 0.287 e. The minimum absolute atomic E-state index is 0.0151. The number of hydrogen-bond acceptors (Lipinski definition) is 4. The molecule has 1 aromatic carbocycles. The number of rotatable bonds is 7. The van der Waals surface area contributed by atoms with Crippen molar-refractivity contribution in [2.45, 2.75) is 6.42 Å². The van der Waals surface area contributed by atoms with Crippen molar-refractivity contribution in [3.05, 3.63) is 70.8 Å². The Morgan fingerprint density at radius 3 is 2.75 bits per heavy atom. The van der Waals surface area contributed by atoms with Gasteiger partial charge in [-0.3, -0.25) is 4.79 Å². The number of aliphatic hydroxyl groups excluding tert-OH is 1. The molecule has 0 fully saturated rings. The topological polar surface area (TPSA) is 62.5 Å². The Morgan fingerprint density at radius 2 is 2.04 bits per heavy atom. The molecule has 1 amide bonds. The van der Waals surface area contributed by atoms with Gasteiger partial charge in [-0.15, -0.1) is 0 Å². The van der Waals surface area contributed by atoms with Gasteiger partial charge >= 0.3 is 0 Å². The molecule has 2 aromatic heterocycles. The number of carbonyl (C=O) groups is 1. The molecule has 0 aliphatic carbocycles. The molecule has 24 heavy (non-hydrogen) atoms. The average Bonchev–Trinajstić information content (AvgIpc) is 3.30. The molecule has 0 saturated heterocycles. The summed E-state index contributed by atoms with van der Waals surface area (Å²) in [5.41, 5.74) is 2.89. The highest BCUT2D eigenvalue weighted by Gasteiger charge is 2.18. The number of aliphatic hydroxyl groups is 1. The molecule has 0 bridgehead atoms. The van der Waals surface area contributed by atoms with Gasteiger partial charge in [-0.1, -0.05) is 30.3 Å². The summed E-state index contributed by atoms with van der Waals surface area (Å²) in [7, 11) is 0. The van der Waals surface area contributed by atoms with Crippen molar-refractivity contribution in [3.8, 4) is 11.1 Å². The lowest BCUT2D eigenvalue weighted by Crippen LogP contribution is -2.31. The van der Waals surface area contributed by atoms with Gasteiger partial charge < -0.3 is 14.8 Å². The molecular weight excluding hydrogens is 322 g/mol. The van der Waals surface area contributed by atoms with Crippen LogP contribution in [0.4, 0.5) is 0 Å². The van der Waals surface area contributed by atoms with Gasteiger partial charge in [0.05, 0.1) is 6.26 Å². The second-order valence-corrected chi connectivity index (χ2v) is 6.40. The maximum absolute atomic E-state index is 12.4. The van der Waals surface area contributed by atoms with Crippen molar-refractivity contribution in [1.29, 1.82) is 0 Å². The van der Waals surface area contributed by atoms with E-state index in [1.165, 1.54) is 11.8 Å². The Bertz CT molecular complexity index is 765. The number of amides is 1. The van der Waals surface area contributed by atoms with Gasteiger partial charge in [-0.25, -0.2) is 0 Å². The van der Waals surface area contributed by atoms with Gasteiger partial charge in [0.2, 0.25) is 0 Å². The first-order chi connectivity index (χ1) is 11.8. The van der Waals surface area contributed by atoms with Crippen LogP contribution in [0.3, 0.4) is 0 Å². The van der Waals surface area contributed by atoms with Crippen LogP contribution in [0.2, 0.25) is 0 Å². The molecule has 124 valence electrons. The highest BCUT2D eigenvalue weighted by molar-refractivity contribution is 7.07. The quantitative estimate of drug-likeness (QED) is 0.690. The van der Waals surface area contributed by atoms with E-state index >= 15 is 0 Å². The van der Waals surface area contributed by atoms with Crippen LogP contribution in [0.1, 0.15) is 16.1 Å². The van der Waals surface area contributed by atoms with E-state index in [0.29, 0.717) is 12.3 Å². The van der Waals surface area contributed by atoms with Gasteiger partial charge in [0.15, 0.2) is 5.76 Å². The van der Waals surface area contributed by atoms with E-state index in [9.17, 15) is 9.90 Å². The summed E-state index contributed by atoms with van der Waals surface area (Å²) >= 11 is 1.63. The van der Waals surface area contributed by atoms with Crippen LogP contribution in [0, 0.1) is 5.92 Å². The van der Waals surface area contributed by atoms with Gasteiger partial charge in [-0.2, -0.15) is 11.3 Å². The van der Waals surface area contributed by atoms with E-state index in [4.69, 9.17) is 4.42 Å². The minimum Gasteiger partial charge on any atom is -0.459 e. The van der Waals surface area contributed by atoms with E-state index < -0.39 is 0 Å². The van der Waals surface area contributed by atoms with Gasteiger partial charge in [0.25, 0.3) is 5.91 Å². The molecule has 1 unspecified atom stereocenters. The predicted octanol–water partition coefficient (Wildman–Crippen LogP) is 3.59. The Balaban J connectivity index is 1.64. The molecule has 0 saturated carbocycles. The van der Waals surface area contributed by atoms with E-state index in [1.54, 1.807) is 17.4 Å². The summed E-state index contributed by atoms with van der Waals surface area (Å²) in [6.07, 6.45) is 2.26. The zero-order valence-corrected chi connectivity index (χ0v) is 14.0. The maximum atomic E-state index is 12.4. The molecule has 3 rings (SSSR count). The third-order valence-electron chi connectivity index (χ3n) is 3.87. The van der Waals surface area contributed by atoms with Crippen LogP contribution >= 0.6 is 11.3 Å². The van der Waals surface area contributed by atoms with E-state index in [2.05, 4.69) is 10.7 Å². The van der Waals surface area contributed by atoms with Crippen LogP contribution < -0.4 is 5.32 Å². The number of carbonyl (C=O) groups excluding carboxylic acids is 1. The number of nitrogens with one attached hydrogen (secondary N) is 1. The molecule has 0 aliphatic rings. The Morgan fingerprint density at radius 1 is 1.21 bits per heavy atom. The van der Waals surface area contributed by atoms with Crippen molar-refractivity contribution in [2.75, 3.05) is 13.2 Å². The summed E-state index contributed by atoms with van der Waals surface area (Å²) < 4.78 is 5.38. The first kappa shape index (κ1) is 16.5. The van der Waals surface area contributed by atoms with Crippen LogP contribution in [0.15, 0.2) is 63.9 Å². The Labute approximate surface area is 144 Å². The standard InChI is InChI=1S/C19H19NO3S/c21-12-15(10-14-7-9-24-13-14)11-20-19(22)18-17(6-8-23-18)16-4-2-1-3-5-16/h1-9,13,15,21H,10-12H2,(H,20,22). The minimum atomic E-state index is -0.261. The zero-order chi connectivity index (χ0) is 16.8.